The van der Waals surface area contributed by atoms with E-state index in [-0.39, 0.29) is 0 Å². The summed E-state index contributed by atoms with van der Waals surface area (Å²) >= 11 is 7.89. The molecular weight excluding hydrogens is 716 g/mol. The van der Waals surface area contributed by atoms with Crippen LogP contribution in [0.2, 0.25) is 0 Å². The molecule has 0 aliphatic heterocycles. The smallest absolute Gasteiger partial charge is 0.0468 e. The molecule has 0 amide bonds. The zero-order chi connectivity index (χ0) is 32.5. The third-order valence-electron chi connectivity index (χ3n) is 8.68. The van der Waals surface area contributed by atoms with E-state index >= 15 is 0 Å². The van der Waals surface area contributed by atoms with E-state index in [4.69, 9.17) is 0 Å². The van der Waals surface area contributed by atoms with E-state index in [1.54, 1.807) is 0 Å². The zero-order valence-corrected chi connectivity index (χ0v) is 29.1. The molecule has 8 rings (SSSR count). The molecule has 0 saturated heterocycles. The highest BCUT2D eigenvalue weighted by Gasteiger charge is 2.17. The normalized spacial score (nSPS) is 11.1. The van der Waals surface area contributed by atoms with Crippen molar-refractivity contribution in [2.75, 3.05) is 9.80 Å². The van der Waals surface area contributed by atoms with Crippen LogP contribution < -0.4 is 9.80 Å². The third kappa shape index (κ3) is 5.90. The molecule has 48 heavy (non-hydrogen) atoms. The second-order valence-electron chi connectivity index (χ2n) is 11.7. The maximum Gasteiger partial charge on any atom is 0.0468 e. The van der Waals surface area contributed by atoms with Crippen molar-refractivity contribution < 1.29 is 0 Å². The minimum atomic E-state index is 1.05. The second kappa shape index (κ2) is 13.2. The van der Waals surface area contributed by atoms with Gasteiger partial charge < -0.3 is 9.80 Å². The first-order valence-corrected chi connectivity index (χ1v) is 17.5. The van der Waals surface area contributed by atoms with Crippen LogP contribution in [-0.2, 0) is 0 Å². The molecule has 0 saturated carbocycles. The van der Waals surface area contributed by atoms with Gasteiger partial charge in [-0.1, -0.05) is 117 Å². The lowest BCUT2D eigenvalue weighted by atomic mass is 9.97. The van der Waals surface area contributed by atoms with E-state index in [0.717, 1.165) is 54.2 Å². The molecule has 0 aromatic heterocycles. The zero-order valence-electron chi connectivity index (χ0n) is 26.0. The van der Waals surface area contributed by atoms with Crippen LogP contribution in [0.5, 0.6) is 0 Å². The SMILES string of the molecule is Brc1cc2cc(N(c3ccccc3)c3ccccc3)ccc2cc1-c1cc2ccc(N(c3ccccc3)c3ccccc3)cc2cc1Br. The fourth-order valence-electron chi connectivity index (χ4n) is 6.41. The molecule has 2 nitrogen and oxygen atoms in total. The molecule has 0 aliphatic rings. The fourth-order valence-corrected chi connectivity index (χ4v) is 7.56. The monoisotopic (exact) mass is 744 g/mol. The first-order chi connectivity index (χ1) is 23.6. The number of benzene rings is 8. The van der Waals surface area contributed by atoms with Crippen LogP contribution >= 0.6 is 31.9 Å². The maximum atomic E-state index is 3.95. The van der Waals surface area contributed by atoms with Crippen molar-refractivity contribution in [2.24, 2.45) is 0 Å². The topological polar surface area (TPSA) is 6.48 Å². The Hall–Kier alpha value is -5.16. The van der Waals surface area contributed by atoms with Crippen molar-refractivity contribution in [3.8, 4) is 11.1 Å². The van der Waals surface area contributed by atoms with Crippen LogP contribution in [0.1, 0.15) is 0 Å². The van der Waals surface area contributed by atoms with Crippen LogP contribution in [0.25, 0.3) is 32.7 Å². The van der Waals surface area contributed by atoms with Crippen molar-refractivity contribution >= 4 is 87.5 Å². The number of fused-ring (bicyclic) bond motifs is 2. The van der Waals surface area contributed by atoms with Gasteiger partial charge in [0.05, 0.1) is 0 Å². The summed E-state index contributed by atoms with van der Waals surface area (Å²) < 4.78 is 2.10. The van der Waals surface area contributed by atoms with Gasteiger partial charge in [0.1, 0.15) is 0 Å². The maximum absolute atomic E-state index is 3.95. The molecule has 0 N–H and O–H groups in total. The van der Waals surface area contributed by atoms with Gasteiger partial charge in [0.2, 0.25) is 0 Å². The Bertz CT molecular complexity index is 2110. The van der Waals surface area contributed by atoms with E-state index in [9.17, 15) is 0 Å². The molecule has 8 aromatic rings. The molecule has 0 unspecified atom stereocenters. The first kappa shape index (κ1) is 30.2. The number of nitrogens with zero attached hydrogens (tertiary/aromatic N) is 2. The average molecular weight is 747 g/mol. The highest BCUT2D eigenvalue weighted by atomic mass is 79.9. The Labute approximate surface area is 297 Å². The Morgan fingerprint density at radius 1 is 0.271 bits per heavy atom. The number of halogens is 2. The van der Waals surface area contributed by atoms with Crippen LogP contribution in [0.4, 0.5) is 34.1 Å². The minimum Gasteiger partial charge on any atom is -0.310 e. The van der Waals surface area contributed by atoms with Gasteiger partial charge in [-0.15, -0.1) is 0 Å². The van der Waals surface area contributed by atoms with Crippen LogP contribution in [0.15, 0.2) is 191 Å². The van der Waals surface area contributed by atoms with Gasteiger partial charge in [-0.3, -0.25) is 0 Å². The van der Waals surface area contributed by atoms with Crippen molar-refractivity contribution in [1.82, 2.24) is 0 Å². The lowest BCUT2D eigenvalue weighted by molar-refractivity contribution is 1.29. The highest BCUT2D eigenvalue weighted by Crippen LogP contribution is 2.42. The number of rotatable bonds is 7. The first-order valence-electron chi connectivity index (χ1n) is 15.9. The summed E-state index contributed by atoms with van der Waals surface area (Å²) in [6.07, 6.45) is 0. The lowest BCUT2D eigenvalue weighted by Gasteiger charge is -2.26. The van der Waals surface area contributed by atoms with Crippen LogP contribution in [0, 0.1) is 0 Å². The predicted molar refractivity (Wildman–Crippen MR) is 212 cm³/mol. The molecular formula is C44H30Br2N2. The second-order valence-corrected chi connectivity index (χ2v) is 13.4. The van der Waals surface area contributed by atoms with E-state index in [2.05, 4.69) is 224 Å². The Balaban J connectivity index is 1.18. The summed E-state index contributed by atoms with van der Waals surface area (Å²) in [5, 5.41) is 4.70. The van der Waals surface area contributed by atoms with E-state index in [0.29, 0.717) is 0 Å². The van der Waals surface area contributed by atoms with Crippen LogP contribution in [0.3, 0.4) is 0 Å². The van der Waals surface area contributed by atoms with Crippen molar-refractivity contribution in [1.29, 1.82) is 0 Å². The molecule has 0 spiro atoms. The van der Waals surface area contributed by atoms with Gasteiger partial charge in [-0.25, -0.2) is 0 Å². The van der Waals surface area contributed by atoms with Crippen LogP contribution in [-0.4, -0.2) is 0 Å². The number of hydrogen-bond donors (Lipinski definition) is 0. The molecule has 4 heteroatoms. The molecule has 0 heterocycles. The largest absolute Gasteiger partial charge is 0.310 e. The Morgan fingerprint density at radius 3 is 0.896 bits per heavy atom. The third-order valence-corrected chi connectivity index (χ3v) is 10.00. The summed E-state index contributed by atoms with van der Waals surface area (Å²) in [7, 11) is 0. The summed E-state index contributed by atoms with van der Waals surface area (Å²) in [6, 6.07) is 64.5. The quantitative estimate of drug-likeness (QED) is 0.160. The Kier molecular flexibility index (Phi) is 8.27. The standard InChI is InChI=1S/C44H30Br2N2/c45-43-29-33-25-39(47(35-13-5-1-6-14-35)36-15-7-2-8-16-36)23-21-31(33)27-41(43)42-28-32-22-24-40(26-34(32)30-44(42)46)48(37-17-9-3-10-18-37)38-19-11-4-12-20-38/h1-30H. The number of para-hydroxylation sites is 4. The van der Waals surface area contributed by atoms with Gasteiger partial charge in [0, 0.05) is 43.1 Å². The number of hydrogen-bond acceptors (Lipinski definition) is 2. The fraction of sp³-hybridized carbons (Fsp3) is 0. The van der Waals surface area contributed by atoms with Gasteiger partial charge in [-0.05, 0) is 130 Å². The van der Waals surface area contributed by atoms with Gasteiger partial charge >= 0.3 is 0 Å². The summed E-state index contributed by atoms with van der Waals surface area (Å²) in [5.74, 6) is 0. The highest BCUT2D eigenvalue weighted by molar-refractivity contribution is 9.11. The molecule has 0 fully saturated rings. The molecule has 0 aliphatic carbocycles. The predicted octanol–water partition coefficient (Wildman–Crippen LogP) is 14.1. The molecule has 0 radical (unpaired) electrons. The lowest BCUT2D eigenvalue weighted by Crippen LogP contribution is -2.09. The van der Waals surface area contributed by atoms with Gasteiger partial charge in [-0.2, -0.15) is 0 Å². The summed E-state index contributed by atoms with van der Waals surface area (Å²) in [6.45, 7) is 0. The van der Waals surface area contributed by atoms with Crippen molar-refractivity contribution in [3.05, 3.63) is 191 Å². The average Bonchev–Trinajstić information content (AvgIpc) is 3.13. The van der Waals surface area contributed by atoms with Crippen molar-refractivity contribution in [3.63, 3.8) is 0 Å². The van der Waals surface area contributed by atoms with E-state index in [1.165, 1.54) is 21.5 Å². The van der Waals surface area contributed by atoms with Gasteiger partial charge in [0.25, 0.3) is 0 Å². The molecule has 0 bridgehead atoms. The van der Waals surface area contributed by atoms with Crippen molar-refractivity contribution in [2.45, 2.75) is 0 Å². The molecule has 8 aromatic carbocycles. The van der Waals surface area contributed by atoms with E-state index in [1.807, 2.05) is 0 Å². The van der Waals surface area contributed by atoms with E-state index < -0.39 is 0 Å². The summed E-state index contributed by atoms with van der Waals surface area (Å²) in [5.41, 5.74) is 9.01. The van der Waals surface area contributed by atoms with Gasteiger partial charge in [0.15, 0.2) is 0 Å². The summed E-state index contributed by atoms with van der Waals surface area (Å²) in [4.78, 5) is 4.60. The molecule has 230 valence electrons. The molecule has 0 atom stereocenters. The number of anilines is 6. The minimum absolute atomic E-state index is 1.05. The Morgan fingerprint density at radius 2 is 0.583 bits per heavy atom.